The quantitative estimate of drug-likeness (QED) is 0.0160. The van der Waals surface area contributed by atoms with Gasteiger partial charge in [0.1, 0.15) is 11.5 Å². The highest BCUT2D eigenvalue weighted by Crippen LogP contribution is 2.37. The van der Waals surface area contributed by atoms with Crippen LogP contribution in [0.1, 0.15) is 141 Å². The van der Waals surface area contributed by atoms with E-state index in [1.165, 1.54) is 31.4 Å². The number of ketones is 5. The predicted octanol–water partition coefficient (Wildman–Crippen LogP) is 18.1. The van der Waals surface area contributed by atoms with E-state index in [2.05, 4.69) is 51.0 Å². The van der Waals surface area contributed by atoms with Crippen LogP contribution in [0.3, 0.4) is 0 Å². The summed E-state index contributed by atoms with van der Waals surface area (Å²) in [7, 11) is 3.09. The van der Waals surface area contributed by atoms with Crippen molar-refractivity contribution < 1.29 is 73.6 Å². The Hall–Kier alpha value is -15.7. The number of aromatic nitrogens is 10. The van der Waals surface area contributed by atoms with Gasteiger partial charge in [-0.15, -0.1) is 0 Å². The molecule has 11 N–H and O–H groups in total. The fraction of sp³-hybridized carbons (Fsp3) is 0.135. The van der Waals surface area contributed by atoms with E-state index < -0.39 is 0 Å². The van der Waals surface area contributed by atoms with Crippen molar-refractivity contribution in [2.75, 3.05) is 21.0 Å². The lowest BCUT2D eigenvalue weighted by atomic mass is 10.0. The highest BCUT2D eigenvalue weighted by atomic mass is 16.7. The molecule has 0 spiro atoms. The first-order valence-electron chi connectivity index (χ1n) is 41.0. The SMILES string of the molecule is COc1cc(-c2cc(/C=C/C(=O)c3ccc(C)cc3)[nH]n2)cc(CO)c1CO.COc1cc(CO)cc(-c2cc(/C=C/C(=O)c3ccc(C)cc3)[nH]n2)c1.Cc1ccc(C(=O)/C=C/c2cc(-c3ccc(CO)c(CO)c3)n[nH]2)cc1.Cc1ccc(C(=O)/C=C/c2cc(-c3ccc(CO)cc3)n[nH]2)cc1.Cc1ccc(C(=O)/C=C/c2cc(-c3ccc4c(c3)OCO4)n[nH]2)cc1. The molecule has 0 saturated carbocycles. The minimum absolute atomic E-state index is 0.0238. The first-order chi connectivity index (χ1) is 62.6. The Labute approximate surface area is 744 Å². The lowest BCUT2D eigenvalue weighted by Crippen LogP contribution is -1.99. The summed E-state index contributed by atoms with van der Waals surface area (Å²) in [6, 6.07) is 74.1. The van der Waals surface area contributed by atoms with Crippen LogP contribution in [0.4, 0.5) is 0 Å². The minimum Gasteiger partial charge on any atom is -0.497 e. The first kappa shape index (κ1) is 92.4. The van der Waals surface area contributed by atoms with E-state index in [4.69, 9.17) is 24.1 Å². The van der Waals surface area contributed by atoms with Crippen molar-refractivity contribution >= 4 is 59.3 Å². The van der Waals surface area contributed by atoms with Gasteiger partial charge in [-0.05, 0) is 208 Å². The van der Waals surface area contributed by atoms with Gasteiger partial charge in [0.15, 0.2) is 40.4 Å². The third kappa shape index (κ3) is 25.7. The molecule has 10 aromatic carbocycles. The van der Waals surface area contributed by atoms with Gasteiger partial charge in [-0.2, -0.15) is 25.5 Å². The number of aliphatic hydroxyl groups is 6. The van der Waals surface area contributed by atoms with Gasteiger partial charge in [0.25, 0.3) is 0 Å². The molecule has 25 nitrogen and oxygen atoms in total. The number of benzene rings is 10. The van der Waals surface area contributed by atoms with Crippen LogP contribution in [0.5, 0.6) is 23.0 Å². The van der Waals surface area contributed by atoms with E-state index in [0.29, 0.717) is 101 Å². The number of carbonyl (C=O) groups excluding carboxylic acids is 5. The van der Waals surface area contributed by atoms with E-state index in [-0.39, 0.29) is 75.4 Å². The van der Waals surface area contributed by atoms with Crippen LogP contribution in [-0.4, -0.2) is 132 Å². The number of H-pyrrole nitrogens is 5. The number of aromatic amines is 5. The molecule has 6 heterocycles. The van der Waals surface area contributed by atoms with E-state index in [9.17, 15) is 49.5 Å². The Balaban J connectivity index is 0.000000146. The summed E-state index contributed by atoms with van der Waals surface area (Å²) in [5.74, 6) is 2.28. The van der Waals surface area contributed by atoms with Gasteiger partial charge < -0.3 is 49.6 Å². The molecule has 5 aromatic heterocycles. The molecular formula is C104H96N10O15. The topological polar surface area (TPSA) is 387 Å². The van der Waals surface area contributed by atoms with E-state index in [1.807, 2.05) is 217 Å². The lowest BCUT2D eigenvalue weighted by molar-refractivity contribution is 0.103. The number of hydrogen-bond acceptors (Lipinski definition) is 20. The molecular weight excluding hydrogens is 1630 g/mol. The molecule has 129 heavy (non-hydrogen) atoms. The molecule has 16 rings (SSSR count). The molecule has 0 amide bonds. The van der Waals surface area contributed by atoms with Crippen molar-refractivity contribution in [1.29, 1.82) is 0 Å². The molecule has 0 radical (unpaired) electrons. The van der Waals surface area contributed by atoms with Gasteiger partial charge in [0.2, 0.25) is 6.79 Å². The summed E-state index contributed by atoms with van der Waals surface area (Å²) in [6.07, 6.45) is 16.1. The smallest absolute Gasteiger partial charge is 0.231 e. The molecule has 0 atom stereocenters. The number of rotatable bonds is 28. The van der Waals surface area contributed by atoms with Crippen molar-refractivity contribution in [2.24, 2.45) is 0 Å². The molecule has 15 aromatic rings. The highest BCUT2D eigenvalue weighted by molar-refractivity contribution is 6.09. The van der Waals surface area contributed by atoms with Crippen molar-refractivity contribution in [3.05, 3.63) is 391 Å². The van der Waals surface area contributed by atoms with E-state index >= 15 is 0 Å². The summed E-state index contributed by atoms with van der Waals surface area (Å²) in [6.45, 7) is 9.39. The average Bonchev–Trinajstić information content (AvgIpc) is 1.80. The zero-order valence-electron chi connectivity index (χ0n) is 71.9. The van der Waals surface area contributed by atoms with Gasteiger partial charge in [-0.3, -0.25) is 49.5 Å². The van der Waals surface area contributed by atoms with Gasteiger partial charge >= 0.3 is 0 Å². The van der Waals surface area contributed by atoms with Crippen LogP contribution in [0, 0.1) is 34.6 Å². The number of allylic oxidation sites excluding steroid dienone is 5. The molecule has 0 fully saturated rings. The van der Waals surface area contributed by atoms with Gasteiger partial charge in [0, 0.05) is 61.2 Å². The summed E-state index contributed by atoms with van der Waals surface area (Å²) in [4.78, 5) is 61.0. The monoisotopic (exact) mass is 1720 g/mol. The van der Waals surface area contributed by atoms with Crippen LogP contribution in [0.15, 0.2) is 273 Å². The standard InChI is InChI=1S/C22H22N2O4.2C21H20N2O3.C20H16N2O3.C20H18N2O2/c1-14-3-5-15(6-4-14)21(27)8-7-18-11-20(24-23-18)16-9-17(12-25)19(13-26)22(10-16)28-2;1-14-3-5-16(6-4-14)21(25)8-7-18-12-20(23-22-18)17-9-15(13-24)10-19(11-17)26-2;1-14-2-4-15(5-3-14)21(26)9-8-19-11-20(23-22-19)16-6-7-17(12-24)18(10-16)13-25;1-13-2-4-14(5-3-13)18(23)8-7-16-11-17(22-21-16)15-6-9-19-20(10-15)25-12-24-19;1-14-2-6-17(7-3-14)20(24)11-10-18-12-19(22-21-18)16-8-4-15(13-23)5-9-16/h3-11,25-26H,12-13H2,1-2H3,(H,23,24);3-12,24H,13H2,1-2H3,(H,22,23);2-11,24-25H,12-13H2,1H3,(H,22,23);2-11H,12H2,1H3,(H,21,22);2-12,23H,13H2,1H3,(H,21,22)/b2*8-7+;9-8+;8-7+;11-10+. The van der Waals surface area contributed by atoms with Crippen molar-refractivity contribution in [3.63, 3.8) is 0 Å². The number of nitrogens with one attached hydrogen (secondary N) is 5. The zero-order chi connectivity index (χ0) is 91.3. The van der Waals surface area contributed by atoms with Crippen molar-refractivity contribution in [2.45, 2.75) is 74.3 Å². The predicted molar refractivity (Wildman–Crippen MR) is 498 cm³/mol. The maximum atomic E-state index is 12.3. The summed E-state index contributed by atoms with van der Waals surface area (Å²) in [5, 5.41) is 92.0. The number of hydrogen-bond donors (Lipinski definition) is 11. The van der Waals surface area contributed by atoms with Crippen LogP contribution in [0.2, 0.25) is 0 Å². The fourth-order valence-corrected chi connectivity index (χ4v) is 13.0. The third-order valence-electron chi connectivity index (χ3n) is 20.5. The van der Waals surface area contributed by atoms with Crippen LogP contribution in [-0.2, 0) is 39.6 Å². The molecule has 0 aliphatic carbocycles. The molecule has 25 heteroatoms. The van der Waals surface area contributed by atoms with Crippen molar-refractivity contribution in [1.82, 2.24) is 51.0 Å². The molecule has 0 bridgehead atoms. The Morgan fingerprint density at radius 1 is 0.302 bits per heavy atom. The van der Waals surface area contributed by atoms with E-state index in [1.54, 1.807) is 104 Å². The number of aliphatic hydroxyl groups excluding tert-OH is 6. The Morgan fingerprint density at radius 3 is 0.977 bits per heavy atom. The number of carbonyl (C=O) groups is 5. The van der Waals surface area contributed by atoms with Crippen LogP contribution >= 0.6 is 0 Å². The maximum absolute atomic E-state index is 12.3. The minimum atomic E-state index is -0.227. The maximum Gasteiger partial charge on any atom is 0.231 e. The Kier molecular flexibility index (Phi) is 32.4. The second-order valence-electron chi connectivity index (χ2n) is 29.9. The number of aryl methyl sites for hydroxylation is 5. The largest absolute Gasteiger partial charge is 0.497 e. The summed E-state index contributed by atoms with van der Waals surface area (Å²) < 4.78 is 21.3. The van der Waals surface area contributed by atoms with Crippen LogP contribution < -0.4 is 18.9 Å². The van der Waals surface area contributed by atoms with Gasteiger partial charge in [0.05, 0.1) is 111 Å². The molecule has 0 saturated heterocycles. The Morgan fingerprint density at radius 2 is 0.628 bits per heavy atom. The molecule has 0 unspecified atom stereocenters. The third-order valence-corrected chi connectivity index (χ3v) is 20.5. The second-order valence-corrected chi connectivity index (χ2v) is 29.9. The normalized spacial score (nSPS) is 11.4. The summed E-state index contributed by atoms with van der Waals surface area (Å²) in [5.41, 5.74) is 24.4. The highest BCUT2D eigenvalue weighted by Gasteiger charge is 2.19. The van der Waals surface area contributed by atoms with Gasteiger partial charge in [-0.1, -0.05) is 186 Å². The second kappa shape index (κ2) is 45.2. The lowest BCUT2D eigenvalue weighted by Gasteiger charge is -2.12. The summed E-state index contributed by atoms with van der Waals surface area (Å²) >= 11 is 0. The zero-order valence-corrected chi connectivity index (χ0v) is 71.9. The van der Waals surface area contributed by atoms with E-state index in [0.717, 1.165) is 95.3 Å². The Bertz CT molecular complexity index is 6480. The number of fused-ring (bicyclic) bond motifs is 1. The molecule has 1 aliphatic rings. The van der Waals surface area contributed by atoms with Crippen molar-refractivity contribution in [3.8, 4) is 79.3 Å². The number of nitrogens with zero attached hydrogens (tertiary/aromatic N) is 5. The number of ether oxygens (including phenoxy) is 4. The van der Waals surface area contributed by atoms with Crippen LogP contribution in [0.25, 0.3) is 86.7 Å². The first-order valence-corrected chi connectivity index (χ1v) is 41.0. The van der Waals surface area contributed by atoms with Gasteiger partial charge in [-0.25, -0.2) is 0 Å². The fourth-order valence-electron chi connectivity index (χ4n) is 13.0. The molecule has 1 aliphatic heterocycles. The average molecular weight is 1730 g/mol. The number of methoxy groups -OCH3 is 2. The molecule has 652 valence electrons.